The molecule has 3 saturated heterocycles. The maximum absolute atomic E-state index is 14.0. The monoisotopic (exact) mass is 1390 g/mol. The van der Waals surface area contributed by atoms with Crippen molar-refractivity contribution in [3.8, 4) is 11.1 Å². The number of carbonyl (C=O) groups excluding carboxylic acids is 5. The molecule has 1 spiro atoms. The Morgan fingerprint density at radius 1 is 0.690 bits per heavy atom. The van der Waals surface area contributed by atoms with Crippen molar-refractivity contribution in [2.24, 2.45) is 0 Å². The summed E-state index contributed by atoms with van der Waals surface area (Å²) in [7, 11) is 5.46. The number of nitrogens with one attached hydrogen (secondary N) is 2. The third-order valence-corrected chi connectivity index (χ3v) is 19.9. The van der Waals surface area contributed by atoms with Crippen LogP contribution in [0.25, 0.3) is 11.1 Å². The first-order chi connectivity index (χ1) is 47.8. The zero-order chi connectivity index (χ0) is 71.8. The minimum atomic E-state index is -5.11. The summed E-state index contributed by atoms with van der Waals surface area (Å²) in [5.41, 5.74) is 2.96. The van der Waals surface area contributed by atoms with E-state index in [1.54, 1.807) is 16.8 Å². The molecule has 100 heavy (non-hydrogen) atoms. The number of aryl methyl sites for hydroxylation is 1. The van der Waals surface area contributed by atoms with Gasteiger partial charge in [-0.05, 0) is 167 Å². The molecule has 0 unspecified atom stereocenters. The molecule has 0 bridgehead atoms. The van der Waals surface area contributed by atoms with Gasteiger partial charge in [0.25, 0.3) is 11.8 Å². The Morgan fingerprint density at radius 2 is 1.34 bits per heavy atom. The first kappa shape index (κ1) is 75.8. The van der Waals surface area contributed by atoms with Crippen LogP contribution in [0.15, 0.2) is 140 Å². The van der Waals surface area contributed by atoms with Crippen molar-refractivity contribution in [2.75, 3.05) is 117 Å². The molecule has 3 aliphatic heterocycles. The van der Waals surface area contributed by atoms with E-state index in [2.05, 4.69) is 32.6 Å². The molecular weight excluding hydrogens is 1300 g/mol. The molecule has 23 heteroatoms. The van der Waals surface area contributed by atoms with Gasteiger partial charge in [0, 0.05) is 108 Å². The Labute approximate surface area is 582 Å². The Hall–Kier alpha value is -8.38. The second-order valence-electron chi connectivity index (χ2n) is 26.7. The third kappa shape index (κ3) is 19.6. The van der Waals surface area contributed by atoms with E-state index in [1.807, 2.05) is 125 Å². The lowest BCUT2D eigenvalue weighted by Gasteiger charge is -2.44. The van der Waals surface area contributed by atoms with Gasteiger partial charge in [-0.2, -0.15) is 26.3 Å². The second-order valence-corrected chi connectivity index (χ2v) is 26.7. The van der Waals surface area contributed by atoms with Crippen molar-refractivity contribution in [1.82, 2.24) is 29.4 Å². The Kier molecular flexibility index (Phi) is 26.0. The van der Waals surface area contributed by atoms with Crippen LogP contribution in [-0.2, 0) is 53.6 Å². The highest BCUT2D eigenvalue weighted by Gasteiger charge is 2.50. The van der Waals surface area contributed by atoms with Crippen LogP contribution < -0.4 is 10.6 Å². The Bertz CT molecular complexity index is 3700. The molecule has 0 aromatic heterocycles. The van der Waals surface area contributed by atoms with Gasteiger partial charge in [0.1, 0.15) is 30.9 Å². The van der Waals surface area contributed by atoms with E-state index in [0.717, 1.165) is 116 Å². The van der Waals surface area contributed by atoms with E-state index >= 15 is 0 Å². The van der Waals surface area contributed by atoms with Crippen LogP contribution in [0.2, 0.25) is 0 Å². The average molecular weight is 1390 g/mol. The van der Waals surface area contributed by atoms with Gasteiger partial charge in [-0.3, -0.25) is 24.5 Å². The fraction of sp³-hybridized carbons (Fsp3) is 0.468. The van der Waals surface area contributed by atoms with Crippen LogP contribution in [0.5, 0.6) is 0 Å². The van der Waals surface area contributed by atoms with E-state index in [0.29, 0.717) is 76.2 Å². The summed E-state index contributed by atoms with van der Waals surface area (Å²) < 4.78 is 114. The number of benzene rings is 6. The van der Waals surface area contributed by atoms with Gasteiger partial charge in [-0.15, -0.1) is 0 Å². The minimum Gasteiger partial charge on any atom is -0.446 e. The molecule has 10 rings (SSSR count). The number of halogens is 7. The summed E-state index contributed by atoms with van der Waals surface area (Å²) in [6, 6.07) is 38.1. The number of carbonyl (C=O) groups is 5. The predicted molar refractivity (Wildman–Crippen MR) is 371 cm³/mol. The molecule has 0 saturated carbocycles. The van der Waals surface area contributed by atoms with Crippen LogP contribution in [0.3, 0.4) is 0 Å². The van der Waals surface area contributed by atoms with Crippen LogP contribution >= 0.6 is 0 Å². The van der Waals surface area contributed by atoms with Gasteiger partial charge < -0.3 is 48.9 Å². The predicted octanol–water partition coefficient (Wildman–Crippen LogP) is 14.3. The normalized spacial score (nSPS) is 17.8. The van der Waals surface area contributed by atoms with Gasteiger partial charge in [0.05, 0.1) is 29.5 Å². The van der Waals surface area contributed by atoms with E-state index in [4.69, 9.17) is 14.2 Å². The molecule has 2 N–H and O–H groups in total. The zero-order valence-electron chi connectivity index (χ0n) is 58.0. The number of para-hydroxylation sites is 1. The molecule has 16 nitrogen and oxygen atoms in total. The van der Waals surface area contributed by atoms with Crippen LogP contribution in [0, 0.1) is 12.7 Å². The van der Waals surface area contributed by atoms with Gasteiger partial charge in [0.15, 0.2) is 0 Å². The summed E-state index contributed by atoms with van der Waals surface area (Å²) >= 11 is 0. The van der Waals surface area contributed by atoms with E-state index in [1.165, 1.54) is 35.4 Å². The van der Waals surface area contributed by atoms with Crippen molar-refractivity contribution in [2.45, 2.75) is 127 Å². The number of likely N-dealkylation sites (N-methyl/N-ethyl adjacent to an activating group) is 2. The lowest BCUT2D eigenvalue weighted by molar-refractivity contribution is -0.143. The largest absolute Gasteiger partial charge is 0.446 e. The quantitative estimate of drug-likeness (QED) is 0.0415. The van der Waals surface area contributed by atoms with Gasteiger partial charge in [0.2, 0.25) is 11.8 Å². The van der Waals surface area contributed by atoms with E-state index in [9.17, 15) is 54.7 Å². The highest BCUT2D eigenvalue weighted by atomic mass is 19.4. The van der Waals surface area contributed by atoms with Crippen molar-refractivity contribution in [3.63, 3.8) is 0 Å². The number of fused-ring (bicyclic) bond motifs is 2. The number of rotatable bonds is 25. The van der Waals surface area contributed by atoms with Gasteiger partial charge in [-0.1, -0.05) is 98.3 Å². The number of amides is 5. The van der Waals surface area contributed by atoms with Crippen LogP contribution in [0.1, 0.15) is 132 Å². The molecule has 1 aliphatic carbocycles. The molecule has 4 aliphatic rings. The van der Waals surface area contributed by atoms with Crippen molar-refractivity contribution in [1.29, 1.82) is 0 Å². The standard InChI is InChI=1S/C39H42F7N3O4.C38H51N5O4/c1-3-15-47(2)34(50)23-52-33-21-26-6-4-5-7-32(26)36(33)12-16-48(17-13-36)18-14-37(28-8-10-31(40)11-9-28)24-49(25-53-37)35(51)27-19-29(38(41,42)43)22-30(20-27)39(44,45)46;1-5-41(3)37(45)33-20-19-31(28-29(33)2)39-23-13-7-10-18-36(44)42(4)26-27-43-24-21-32(22-25-43)47-38(46)40-35-17-12-11-16-34(35)30-14-8-6-9-15-30/h4-11,19-20,22,33H,3,12-18,21,23-25H2,1-2H3;6,8-9,11-12,14-17,19-20,28,32,39H,5,7,10,13,18,21-27H2,1-4H3,(H,40,46)/t33-,37-;/m0./s1. The maximum Gasteiger partial charge on any atom is 0.416 e. The fourth-order valence-electron chi connectivity index (χ4n) is 13.8. The van der Waals surface area contributed by atoms with E-state index < -0.39 is 52.5 Å². The molecule has 0 radical (unpaired) electrons. The molecule has 6 aromatic rings. The summed E-state index contributed by atoms with van der Waals surface area (Å²) in [5, 5.41) is 6.37. The number of alkyl halides is 6. The second kappa shape index (κ2) is 34.3. The average Bonchev–Trinajstić information content (AvgIpc) is 1.58. The number of nitrogens with zero attached hydrogens (tertiary/aromatic N) is 6. The smallest absolute Gasteiger partial charge is 0.416 e. The molecular formula is C77H93F7N8O8. The number of piperidine rings is 2. The van der Waals surface area contributed by atoms with Gasteiger partial charge >= 0.3 is 18.4 Å². The minimum absolute atomic E-state index is 0.00855. The number of hydrogen-bond acceptors (Lipinski definition) is 11. The fourth-order valence-corrected chi connectivity index (χ4v) is 13.8. The summed E-state index contributed by atoms with van der Waals surface area (Å²) in [5.74, 6) is -1.40. The Morgan fingerprint density at radius 3 is 2.01 bits per heavy atom. The summed E-state index contributed by atoms with van der Waals surface area (Å²) in [6.07, 6.45) is -2.69. The zero-order valence-corrected chi connectivity index (χ0v) is 58.0. The summed E-state index contributed by atoms with van der Waals surface area (Å²) in [4.78, 5) is 75.0. The van der Waals surface area contributed by atoms with Gasteiger partial charge in [-0.25, -0.2) is 9.18 Å². The maximum atomic E-state index is 14.0. The third-order valence-electron chi connectivity index (χ3n) is 19.9. The van der Waals surface area contributed by atoms with Crippen molar-refractivity contribution < 1.29 is 68.9 Å². The van der Waals surface area contributed by atoms with Crippen molar-refractivity contribution >= 4 is 41.1 Å². The van der Waals surface area contributed by atoms with Crippen LogP contribution in [0.4, 0.5) is 46.9 Å². The number of anilines is 2. The first-order valence-electron chi connectivity index (χ1n) is 34.6. The number of ether oxygens (including phenoxy) is 3. The molecule has 5 amide bonds. The van der Waals surface area contributed by atoms with Crippen LogP contribution in [-0.4, -0.2) is 178 Å². The number of hydrogen-bond donors (Lipinski definition) is 2. The molecule has 538 valence electrons. The first-order valence-corrected chi connectivity index (χ1v) is 34.6. The SMILES string of the molecule is CCCN(C)C(=O)CO[C@H]1Cc2ccccc2C12CCN(CC[C@@]1(c3ccc(F)cc3)CN(C(=O)c3cc(C(F)(F)F)cc(C(F)(F)F)c3)CO1)CC2.CCN(C)C(=O)c1ccc(NCCCCCC(=O)N(C)CCN2CCC(OC(=O)Nc3ccccc3-c3ccccc3)CC2)cc1C. The number of likely N-dealkylation sites (tertiary alicyclic amines) is 2. The van der Waals surface area contributed by atoms with Crippen molar-refractivity contribution in [3.05, 3.63) is 190 Å². The lowest BCUT2D eigenvalue weighted by Crippen LogP contribution is -2.50. The summed E-state index contributed by atoms with van der Waals surface area (Å²) in [6.45, 7) is 12.5. The van der Waals surface area contributed by atoms with E-state index in [-0.39, 0.29) is 61.3 Å². The molecule has 2 atom stereocenters. The molecule has 3 heterocycles. The Balaban J connectivity index is 0.000000235. The number of unbranched alkanes of at least 4 members (excludes halogenated alkanes) is 2. The highest BCUT2D eigenvalue weighted by Crippen LogP contribution is 2.49. The molecule has 6 aromatic carbocycles. The topological polar surface area (TPSA) is 157 Å². The molecule has 3 fully saturated rings. The highest BCUT2D eigenvalue weighted by molar-refractivity contribution is 5.96. The lowest BCUT2D eigenvalue weighted by atomic mass is 9.72.